The third-order valence-electron chi connectivity index (χ3n) is 3.61. The minimum atomic E-state index is -0.0962. The maximum Gasteiger partial charge on any atom is 0.241 e. The van der Waals surface area contributed by atoms with Crippen molar-refractivity contribution < 1.29 is 4.79 Å². The molecule has 1 aromatic carbocycles. The van der Waals surface area contributed by atoms with Gasteiger partial charge in [-0.2, -0.15) is 0 Å². The Balaban J connectivity index is 2.21. The normalized spacial score (nSPS) is 22.9. The Hall–Kier alpha value is -1.10. The molecule has 1 saturated heterocycles. The first-order valence-corrected chi connectivity index (χ1v) is 7.37. The minimum absolute atomic E-state index is 0.0777. The zero-order valence-electron chi connectivity index (χ0n) is 12.3. The summed E-state index contributed by atoms with van der Waals surface area (Å²) in [6.07, 6.45) is 0.722. The maximum absolute atomic E-state index is 12.4. The average molecular weight is 296 g/mol. The number of carbonyl (C=O) groups is 1. The lowest BCUT2D eigenvalue weighted by atomic mass is 10.1. The quantitative estimate of drug-likeness (QED) is 0.904. The summed E-state index contributed by atoms with van der Waals surface area (Å²) >= 11 is 6.07. The van der Waals surface area contributed by atoms with Crippen LogP contribution in [-0.2, 0) is 4.79 Å². The van der Waals surface area contributed by atoms with Crippen LogP contribution >= 0.6 is 11.6 Å². The van der Waals surface area contributed by atoms with E-state index in [0.717, 1.165) is 18.5 Å². The molecule has 0 aromatic heterocycles. The Labute approximate surface area is 125 Å². The van der Waals surface area contributed by atoms with Crippen LogP contribution in [0.5, 0.6) is 0 Å². The summed E-state index contributed by atoms with van der Waals surface area (Å²) < 4.78 is 0. The first-order valence-electron chi connectivity index (χ1n) is 6.99. The van der Waals surface area contributed by atoms with E-state index in [1.54, 1.807) is 0 Å². The van der Waals surface area contributed by atoms with E-state index >= 15 is 0 Å². The molecule has 0 radical (unpaired) electrons. The van der Waals surface area contributed by atoms with Gasteiger partial charge in [0.15, 0.2) is 0 Å². The summed E-state index contributed by atoms with van der Waals surface area (Å²) in [6, 6.07) is 7.61. The highest BCUT2D eigenvalue weighted by Gasteiger charge is 2.38. The van der Waals surface area contributed by atoms with Crippen molar-refractivity contribution in [1.29, 1.82) is 0 Å². The van der Waals surface area contributed by atoms with Crippen LogP contribution in [0, 0.1) is 0 Å². The van der Waals surface area contributed by atoms with Crippen LogP contribution in [0.25, 0.3) is 0 Å². The monoisotopic (exact) mass is 295 g/mol. The van der Waals surface area contributed by atoms with Gasteiger partial charge in [0.1, 0.15) is 6.17 Å². The minimum Gasteiger partial charge on any atom is -0.320 e. The fourth-order valence-electron chi connectivity index (χ4n) is 2.47. The second-order valence-corrected chi connectivity index (χ2v) is 5.86. The average Bonchev–Trinajstić information content (AvgIpc) is 2.73. The highest BCUT2D eigenvalue weighted by atomic mass is 35.5. The predicted molar refractivity (Wildman–Crippen MR) is 81.7 cm³/mol. The number of carbonyl (C=O) groups excluding carboxylic acids is 1. The topological polar surface area (TPSA) is 35.6 Å². The van der Waals surface area contributed by atoms with Gasteiger partial charge in [0.05, 0.1) is 6.04 Å². The molecule has 1 N–H and O–H groups in total. The maximum atomic E-state index is 12.4. The van der Waals surface area contributed by atoms with E-state index in [1.165, 1.54) is 0 Å². The molecule has 1 fully saturated rings. The molecule has 2 rings (SSSR count). The number of benzene rings is 1. The molecular weight excluding hydrogens is 274 g/mol. The van der Waals surface area contributed by atoms with Crippen molar-refractivity contribution in [2.45, 2.75) is 25.6 Å². The molecule has 1 aliphatic rings. The number of nitrogens with zero attached hydrogens (tertiary/aromatic N) is 2. The highest BCUT2D eigenvalue weighted by Crippen LogP contribution is 2.27. The van der Waals surface area contributed by atoms with Gasteiger partial charge in [0.25, 0.3) is 0 Å². The Bertz CT molecular complexity index is 478. The molecule has 1 aliphatic heterocycles. The van der Waals surface area contributed by atoms with Gasteiger partial charge in [-0.25, -0.2) is 0 Å². The zero-order valence-corrected chi connectivity index (χ0v) is 13.0. The fraction of sp³-hybridized carbons (Fsp3) is 0.533. The van der Waals surface area contributed by atoms with Gasteiger partial charge in [0, 0.05) is 18.1 Å². The molecule has 1 aromatic rings. The number of hydrogen-bond donors (Lipinski definition) is 1. The Morgan fingerprint density at radius 3 is 2.75 bits per heavy atom. The van der Waals surface area contributed by atoms with Crippen molar-refractivity contribution in [3.63, 3.8) is 0 Å². The summed E-state index contributed by atoms with van der Waals surface area (Å²) in [6.45, 7) is 3.59. The van der Waals surface area contributed by atoms with E-state index in [4.69, 9.17) is 11.6 Å². The molecular formula is C15H22ClN3O. The van der Waals surface area contributed by atoms with E-state index in [0.29, 0.717) is 11.6 Å². The standard InChI is InChI=1S/C15H22ClN3O/c1-4-13-15(20)19(9-8-18(2)3)14(17-13)11-6-5-7-12(16)10-11/h5-7,10,13-14,17H,4,8-9H2,1-3H3. The van der Waals surface area contributed by atoms with Crippen LogP contribution in [0.4, 0.5) is 0 Å². The zero-order chi connectivity index (χ0) is 14.7. The smallest absolute Gasteiger partial charge is 0.241 e. The lowest BCUT2D eigenvalue weighted by molar-refractivity contribution is -0.130. The third-order valence-corrected chi connectivity index (χ3v) is 3.85. The number of amides is 1. The Kier molecular flexibility index (Phi) is 5.02. The molecule has 110 valence electrons. The molecule has 1 heterocycles. The van der Waals surface area contributed by atoms with Crippen molar-refractivity contribution in [2.24, 2.45) is 0 Å². The molecule has 0 bridgehead atoms. The van der Waals surface area contributed by atoms with Crippen LogP contribution in [0.15, 0.2) is 24.3 Å². The number of rotatable bonds is 5. The van der Waals surface area contributed by atoms with E-state index in [2.05, 4.69) is 10.2 Å². The lowest BCUT2D eigenvalue weighted by Gasteiger charge is -2.26. The fourth-order valence-corrected chi connectivity index (χ4v) is 2.67. The lowest BCUT2D eigenvalue weighted by Crippen LogP contribution is -2.36. The van der Waals surface area contributed by atoms with E-state index in [9.17, 15) is 4.79 Å². The van der Waals surface area contributed by atoms with Crippen molar-refractivity contribution in [2.75, 3.05) is 27.2 Å². The molecule has 5 heteroatoms. The van der Waals surface area contributed by atoms with Gasteiger partial charge < -0.3 is 9.80 Å². The van der Waals surface area contributed by atoms with Crippen molar-refractivity contribution in [3.8, 4) is 0 Å². The van der Waals surface area contributed by atoms with Crippen molar-refractivity contribution in [1.82, 2.24) is 15.1 Å². The van der Waals surface area contributed by atoms with E-state index in [-0.39, 0.29) is 18.1 Å². The largest absolute Gasteiger partial charge is 0.320 e. The molecule has 2 unspecified atom stereocenters. The summed E-state index contributed by atoms with van der Waals surface area (Å²) in [5, 5.41) is 4.11. The Morgan fingerprint density at radius 2 is 2.15 bits per heavy atom. The van der Waals surface area contributed by atoms with Gasteiger partial charge in [-0.3, -0.25) is 10.1 Å². The summed E-state index contributed by atoms with van der Waals surface area (Å²) in [5.41, 5.74) is 1.04. The molecule has 0 spiro atoms. The van der Waals surface area contributed by atoms with Gasteiger partial charge >= 0.3 is 0 Å². The first kappa shape index (κ1) is 15.3. The summed E-state index contributed by atoms with van der Waals surface area (Å²) in [4.78, 5) is 16.4. The second kappa shape index (κ2) is 6.57. The Morgan fingerprint density at radius 1 is 1.40 bits per heavy atom. The molecule has 20 heavy (non-hydrogen) atoms. The van der Waals surface area contributed by atoms with Gasteiger partial charge in [-0.05, 0) is 38.2 Å². The molecule has 1 amide bonds. The van der Waals surface area contributed by atoms with E-state index < -0.39 is 0 Å². The van der Waals surface area contributed by atoms with Crippen LogP contribution in [0.3, 0.4) is 0 Å². The van der Waals surface area contributed by atoms with Crippen LogP contribution in [-0.4, -0.2) is 48.9 Å². The molecule has 0 saturated carbocycles. The molecule has 4 nitrogen and oxygen atoms in total. The number of nitrogens with one attached hydrogen (secondary N) is 1. The number of likely N-dealkylation sites (N-methyl/N-ethyl adjacent to an activating group) is 1. The highest BCUT2D eigenvalue weighted by molar-refractivity contribution is 6.30. The predicted octanol–water partition coefficient (Wildman–Crippen LogP) is 2.11. The molecule has 2 atom stereocenters. The second-order valence-electron chi connectivity index (χ2n) is 5.42. The van der Waals surface area contributed by atoms with Gasteiger partial charge in [-0.15, -0.1) is 0 Å². The third kappa shape index (κ3) is 3.32. The van der Waals surface area contributed by atoms with Crippen molar-refractivity contribution >= 4 is 17.5 Å². The van der Waals surface area contributed by atoms with Crippen LogP contribution in [0.1, 0.15) is 25.1 Å². The van der Waals surface area contributed by atoms with E-state index in [1.807, 2.05) is 50.2 Å². The summed E-state index contributed by atoms with van der Waals surface area (Å²) in [5.74, 6) is 0.180. The van der Waals surface area contributed by atoms with Crippen LogP contribution in [0.2, 0.25) is 5.02 Å². The van der Waals surface area contributed by atoms with Gasteiger partial charge in [-0.1, -0.05) is 30.7 Å². The summed E-state index contributed by atoms with van der Waals surface area (Å²) in [7, 11) is 4.03. The van der Waals surface area contributed by atoms with Gasteiger partial charge in [0.2, 0.25) is 5.91 Å². The molecule has 0 aliphatic carbocycles. The first-order chi connectivity index (χ1) is 9.52. The van der Waals surface area contributed by atoms with Crippen LogP contribution < -0.4 is 5.32 Å². The van der Waals surface area contributed by atoms with Crippen molar-refractivity contribution in [3.05, 3.63) is 34.9 Å². The number of hydrogen-bond acceptors (Lipinski definition) is 3. The number of halogens is 1. The SMILES string of the molecule is CCC1NC(c2cccc(Cl)c2)N(CCN(C)C)C1=O.